The summed E-state index contributed by atoms with van der Waals surface area (Å²) in [5.41, 5.74) is 5.33. The number of allylic oxidation sites excluding steroid dienone is 2. The minimum absolute atomic E-state index is 0.700. The molecule has 132 valence electrons. The van der Waals surface area contributed by atoms with Crippen molar-refractivity contribution in [2.45, 2.75) is 52.1 Å². The van der Waals surface area contributed by atoms with Crippen LogP contribution in [-0.4, -0.2) is 6.61 Å². The zero-order valence-corrected chi connectivity index (χ0v) is 15.6. The molecule has 1 fully saturated rings. The van der Waals surface area contributed by atoms with Crippen LogP contribution in [-0.2, 0) is 11.3 Å². The molecule has 1 saturated carbocycles. The highest BCUT2D eigenvalue weighted by Crippen LogP contribution is 2.36. The van der Waals surface area contributed by atoms with E-state index in [0.717, 1.165) is 18.4 Å². The van der Waals surface area contributed by atoms with E-state index in [1.54, 1.807) is 0 Å². The van der Waals surface area contributed by atoms with Crippen molar-refractivity contribution in [1.82, 2.24) is 0 Å². The summed E-state index contributed by atoms with van der Waals surface area (Å²) in [4.78, 5) is 0. The lowest BCUT2D eigenvalue weighted by Crippen LogP contribution is -2.11. The van der Waals surface area contributed by atoms with Gasteiger partial charge in [0.05, 0.1) is 6.61 Å². The maximum atomic E-state index is 5.47. The molecule has 25 heavy (non-hydrogen) atoms. The first kappa shape index (κ1) is 17.9. The summed E-state index contributed by atoms with van der Waals surface area (Å²) < 4.78 is 5.47. The average Bonchev–Trinajstić information content (AvgIpc) is 2.68. The van der Waals surface area contributed by atoms with Gasteiger partial charge in [-0.1, -0.05) is 60.7 Å². The second-order valence-corrected chi connectivity index (χ2v) is 7.09. The normalized spacial score (nSPS) is 20.9. The van der Waals surface area contributed by atoms with Crippen molar-refractivity contribution >= 4 is 0 Å². The van der Waals surface area contributed by atoms with Gasteiger partial charge in [-0.2, -0.15) is 0 Å². The van der Waals surface area contributed by atoms with E-state index in [-0.39, 0.29) is 0 Å². The lowest BCUT2D eigenvalue weighted by molar-refractivity contribution is 0.134. The van der Waals surface area contributed by atoms with Gasteiger partial charge in [0, 0.05) is 6.61 Å². The van der Waals surface area contributed by atoms with E-state index < -0.39 is 0 Å². The third-order valence-electron chi connectivity index (χ3n) is 5.38. The van der Waals surface area contributed by atoms with E-state index in [0.29, 0.717) is 6.61 Å². The fraction of sp³-hybridized carbons (Fsp3) is 0.417. The summed E-state index contributed by atoms with van der Waals surface area (Å²) in [6, 6.07) is 18.0. The molecule has 0 saturated heterocycles. The van der Waals surface area contributed by atoms with E-state index in [4.69, 9.17) is 4.74 Å². The standard InChI is InChI=1S/C24H30O/c1-3-5-19-6-10-21(11-7-19)23-14-16-24(17-15-23)22-12-8-20(9-13-22)18-25-4-2/h3,5,8-9,12-17,19,21H,4,6-7,10-11,18H2,1-2H3. The Morgan fingerprint density at radius 2 is 1.48 bits per heavy atom. The molecule has 2 aromatic carbocycles. The fourth-order valence-electron chi connectivity index (χ4n) is 3.88. The average molecular weight is 335 g/mol. The molecule has 0 aromatic heterocycles. The highest BCUT2D eigenvalue weighted by Gasteiger charge is 2.20. The lowest BCUT2D eigenvalue weighted by atomic mass is 9.78. The molecule has 0 atom stereocenters. The van der Waals surface area contributed by atoms with Crippen LogP contribution in [0.2, 0.25) is 0 Å². The predicted octanol–water partition coefficient (Wildman–Crippen LogP) is 6.74. The van der Waals surface area contributed by atoms with E-state index in [1.165, 1.54) is 47.9 Å². The summed E-state index contributed by atoms with van der Waals surface area (Å²) in [6.45, 7) is 5.63. The Hall–Kier alpha value is -1.86. The van der Waals surface area contributed by atoms with Crippen molar-refractivity contribution < 1.29 is 4.74 Å². The summed E-state index contributed by atoms with van der Waals surface area (Å²) in [5, 5.41) is 0. The Bertz CT molecular complexity index is 658. The lowest BCUT2D eigenvalue weighted by Gasteiger charge is -2.27. The number of ether oxygens (including phenoxy) is 1. The molecule has 1 nitrogen and oxygen atoms in total. The molecule has 2 aromatic rings. The smallest absolute Gasteiger partial charge is 0.0716 e. The third-order valence-corrected chi connectivity index (χ3v) is 5.38. The van der Waals surface area contributed by atoms with Crippen LogP contribution >= 0.6 is 0 Å². The number of hydrogen-bond donors (Lipinski definition) is 0. The Morgan fingerprint density at radius 1 is 0.880 bits per heavy atom. The van der Waals surface area contributed by atoms with Crippen LogP contribution in [0.3, 0.4) is 0 Å². The molecule has 0 amide bonds. The maximum Gasteiger partial charge on any atom is 0.0716 e. The van der Waals surface area contributed by atoms with Gasteiger partial charge in [0.1, 0.15) is 0 Å². The quantitative estimate of drug-likeness (QED) is 0.531. The molecule has 0 bridgehead atoms. The first-order valence-electron chi connectivity index (χ1n) is 9.70. The second-order valence-electron chi connectivity index (χ2n) is 7.09. The Balaban J connectivity index is 1.62. The zero-order chi connectivity index (χ0) is 17.5. The van der Waals surface area contributed by atoms with Crippen LogP contribution in [0, 0.1) is 5.92 Å². The number of rotatable bonds is 6. The molecule has 0 aliphatic heterocycles. The molecule has 0 radical (unpaired) electrons. The number of benzene rings is 2. The van der Waals surface area contributed by atoms with Gasteiger partial charge in [-0.15, -0.1) is 0 Å². The summed E-state index contributed by atoms with van der Waals surface area (Å²) in [5.74, 6) is 1.54. The van der Waals surface area contributed by atoms with E-state index in [9.17, 15) is 0 Å². The van der Waals surface area contributed by atoms with Gasteiger partial charge in [0.2, 0.25) is 0 Å². The Morgan fingerprint density at radius 3 is 2.04 bits per heavy atom. The summed E-state index contributed by atoms with van der Waals surface area (Å²) >= 11 is 0. The molecule has 0 unspecified atom stereocenters. The highest BCUT2D eigenvalue weighted by molar-refractivity contribution is 5.64. The summed E-state index contributed by atoms with van der Waals surface area (Å²) in [6.07, 6.45) is 9.89. The van der Waals surface area contributed by atoms with Gasteiger partial charge >= 0.3 is 0 Å². The molecular weight excluding hydrogens is 304 g/mol. The van der Waals surface area contributed by atoms with Gasteiger partial charge in [-0.25, -0.2) is 0 Å². The SMILES string of the molecule is CC=CC1CCC(c2ccc(-c3ccc(COCC)cc3)cc2)CC1. The van der Waals surface area contributed by atoms with Crippen molar-refractivity contribution in [2.24, 2.45) is 5.92 Å². The van der Waals surface area contributed by atoms with Crippen molar-refractivity contribution in [1.29, 1.82) is 0 Å². The molecule has 1 aliphatic rings. The number of hydrogen-bond acceptors (Lipinski definition) is 1. The van der Waals surface area contributed by atoms with Crippen LogP contribution in [0.15, 0.2) is 60.7 Å². The predicted molar refractivity (Wildman–Crippen MR) is 107 cm³/mol. The first-order chi connectivity index (χ1) is 12.3. The highest BCUT2D eigenvalue weighted by atomic mass is 16.5. The van der Waals surface area contributed by atoms with Crippen molar-refractivity contribution in [2.75, 3.05) is 6.61 Å². The molecule has 1 aliphatic carbocycles. The molecular formula is C24H30O. The second kappa shape index (κ2) is 9.01. The van der Waals surface area contributed by atoms with Crippen molar-refractivity contribution in [3.8, 4) is 11.1 Å². The van der Waals surface area contributed by atoms with Crippen LogP contribution in [0.4, 0.5) is 0 Å². The van der Waals surface area contributed by atoms with Gasteiger partial charge in [0.25, 0.3) is 0 Å². The van der Waals surface area contributed by atoms with E-state index in [2.05, 4.69) is 67.6 Å². The Kier molecular flexibility index (Phi) is 6.47. The van der Waals surface area contributed by atoms with Crippen LogP contribution in [0.5, 0.6) is 0 Å². The first-order valence-corrected chi connectivity index (χ1v) is 9.70. The van der Waals surface area contributed by atoms with E-state index in [1.807, 2.05) is 6.92 Å². The van der Waals surface area contributed by atoms with Crippen molar-refractivity contribution in [3.05, 3.63) is 71.8 Å². The van der Waals surface area contributed by atoms with Gasteiger partial charge in [-0.05, 0) is 73.6 Å². The monoisotopic (exact) mass is 334 g/mol. The third kappa shape index (κ3) is 4.83. The molecule has 3 rings (SSSR count). The largest absolute Gasteiger partial charge is 0.377 e. The molecule has 0 heterocycles. The fourth-order valence-corrected chi connectivity index (χ4v) is 3.88. The molecule has 0 spiro atoms. The molecule has 1 heteroatoms. The van der Waals surface area contributed by atoms with E-state index >= 15 is 0 Å². The van der Waals surface area contributed by atoms with Gasteiger partial charge in [-0.3, -0.25) is 0 Å². The van der Waals surface area contributed by atoms with Crippen molar-refractivity contribution in [3.63, 3.8) is 0 Å². The molecule has 0 N–H and O–H groups in total. The zero-order valence-electron chi connectivity index (χ0n) is 15.6. The Labute approximate surface area is 152 Å². The van der Waals surface area contributed by atoms with Gasteiger partial charge in [0.15, 0.2) is 0 Å². The van der Waals surface area contributed by atoms with Gasteiger partial charge < -0.3 is 4.74 Å². The minimum atomic E-state index is 0.700. The van der Waals surface area contributed by atoms with Crippen LogP contribution in [0.1, 0.15) is 56.6 Å². The topological polar surface area (TPSA) is 9.23 Å². The summed E-state index contributed by atoms with van der Waals surface area (Å²) in [7, 11) is 0. The van der Waals surface area contributed by atoms with Crippen LogP contribution in [0.25, 0.3) is 11.1 Å². The minimum Gasteiger partial charge on any atom is -0.377 e. The maximum absolute atomic E-state index is 5.47. The van der Waals surface area contributed by atoms with Crippen LogP contribution < -0.4 is 0 Å².